The third-order valence-electron chi connectivity index (χ3n) is 5.89. The summed E-state index contributed by atoms with van der Waals surface area (Å²) < 4.78 is 11.4. The summed E-state index contributed by atoms with van der Waals surface area (Å²) >= 11 is 0. The maximum absolute atomic E-state index is 12.2. The number of carbonyl (C=O) groups is 1. The van der Waals surface area contributed by atoms with E-state index in [9.17, 15) is 4.79 Å². The van der Waals surface area contributed by atoms with Crippen LogP contribution < -0.4 is 31.2 Å². The summed E-state index contributed by atoms with van der Waals surface area (Å²) in [5.41, 5.74) is 14.5. The number of aromatic nitrogens is 2. The number of primary amides is 1. The van der Waals surface area contributed by atoms with Gasteiger partial charge in [-0.15, -0.1) is 0 Å². The van der Waals surface area contributed by atoms with Crippen molar-refractivity contribution < 1.29 is 14.3 Å². The smallest absolute Gasteiger partial charge is 0.271 e. The van der Waals surface area contributed by atoms with Gasteiger partial charge in [0.2, 0.25) is 5.88 Å². The number of methoxy groups -OCH3 is 1. The fourth-order valence-corrected chi connectivity index (χ4v) is 3.86. The van der Waals surface area contributed by atoms with E-state index < -0.39 is 5.91 Å². The number of piperazine rings is 1. The highest BCUT2D eigenvalue weighted by Crippen LogP contribution is 2.35. The Hall–Kier alpha value is -4.05. The monoisotopic (exact) mass is 477 g/mol. The Labute approximate surface area is 204 Å². The third-order valence-corrected chi connectivity index (χ3v) is 5.89. The first-order chi connectivity index (χ1) is 16.9. The largest absolute Gasteiger partial charge is 0.493 e. The number of nitrogens with zero attached hydrogens (tertiary/aromatic N) is 4. The molecule has 10 heteroatoms. The zero-order chi connectivity index (χ0) is 24.9. The number of nitrogen functional groups attached to an aromatic ring is 1. The van der Waals surface area contributed by atoms with E-state index in [1.165, 1.54) is 0 Å². The molecule has 0 unspecified atom stereocenters. The molecule has 2 aromatic carbocycles. The maximum atomic E-state index is 12.2. The number of amides is 1. The van der Waals surface area contributed by atoms with Crippen molar-refractivity contribution in [3.63, 3.8) is 0 Å². The Bertz CT molecular complexity index is 1190. The first-order valence-electron chi connectivity index (χ1n) is 11.5. The maximum Gasteiger partial charge on any atom is 0.271 e. The van der Waals surface area contributed by atoms with E-state index in [4.69, 9.17) is 20.9 Å². The minimum atomic E-state index is -0.683. The van der Waals surface area contributed by atoms with Gasteiger partial charge in [-0.1, -0.05) is 6.92 Å². The summed E-state index contributed by atoms with van der Waals surface area (Å²) in [7, 11) is 3.67. The molecule has 10 nitrogen and oxygen atoms in total. The molecule has 35 heavy (non-hydrogen) atoms. The molecule has 184 valence electrons. The van der Waals surface area contributed by atoms with Crippen molar-refractivity contribution in [2.24, 2.45) is 5.73 Å². The number of likely N-dealkylation sites (N-methyl/N-ethyl adjacent to an activating group) is 1. The van der Waals surface area contributed by atoms with Gasteiger partial charge in [-0.2, -0.15) is 4.98 Å². The summed E-state index contributed by atoms with van der Waals surface area (Å²) in [6, 6.07) is 13.0. The minimum Gasteiger partial charge on any atom is -0.493 e. The highest BCUT2D eigenvalue weighted by atomic mass is 16.5. The van der Waals surface area contributed by atoms with Crippen molar-refractivity contribution in [3.05, 3.63) is 53.9 Å². The van der Waals surface area contributed by atoms with Gasteiger partial charge in [-0.3, -0.25) is 4.79 Å². The first-order valence-corrected chi connectivity index (χ1v) is 11.5. The molecule has 0 aliphatic carbocycles. The molecule has 4 rings (SSSR count). The lowest BCUT2D eigenvalue weighted by atomic mass is 10.2. The summed E-state index contributed by atoms with van der Waals surface area (Å²) in [4.78, 5) is 25.9. The minimum absolute atomic E-state index is 0.0388. The van der Waals surface area contributed by atoms with Crippen molar-refractivity contribution >= 4 is 28.8 Å². The highest BCUT2D eigenvalue weighted by molar-refractivity contribution is 5.96. The van der Waals surface area contributed by atoms with Gasteiger partial charge in [0.15, 0.2) is 23.0 Å². The Kier molecular flexibility index (Phi) is 7.21. The lowest BCUT2D eigenvalue weighted by Crippen LogP contribution is -2.44. The summed E-state index contributed by atoms with van der Waals surface area (Å²) in [6.07, 6.45) is 0.479. The number of hydrogen-bond acceptors (Lipinski definition) is 9. The van der Waals surface area contributed by atoms with E-state index in [2.05, 4.69) is 32.1 Å². The van der Waals surface area contributed by atoms with Crippen LogP contribution in [0.4, 0.5) is 22.9 Å². The number of benzene rings is 2. The van der Waals surface area contributed by atoms with E-state index in [0.717, 1.165) is 37.6 Å². The number of rotatable bonds is 8. The Morgan fingerprint density at radius 3 is 2.40 bits per heavy atom. The molecule has 1 saturated heterocycles. The highest BCUT2D eigenvalue weighted by Gasteiger charge is 2.20. The predicted octanol–water partition coefficient (Wildman–Crippen LogP) is 3.02. The SMILES string of the molecule is CCc1nc(C(N)=O)c(Nc2ccc(N3CCN(C)CC3)cc2)nc1Oc1cc(N)ccc1OC. The van der Waals surface area contributed by atoms with Gasteiger partial charge in [0.05, 0.1) is 7.11 Å². The predicted molar refractivity (Wildman–Crippen MR) is 137 cm³/mol. The molecule has 1 aliphatic heterocycles. The number of carbonyl (C=O) groups excluding carboxylic acids is 1. The van der Waals surface area contributed by atoms with Crippen molar-refractivity contribution in [2.45, 2.75) is 13.3 Å². The van der Waals surface area contributed by atoms with Crippen molar-refractivity contribution in [2.75, 3.05) is 56.3 Å². The van der Waals surface area contributed by atoms with Crippen LogP contribution in [0.1, 0.15) is 23.1 Å². The third kappa shape index (κ3) is 5.55. The molecular formula is C25H31N7O3. The van der Waals surface area contributed by atoms with Gasteiger partial charge in [-0.25, -0.2) is 4.98 Å². The lowest BCUT2D eigenvalue weighted by Gasteiger charge is -2.34. The molecule has 0 saturated carbocycles. The van der Waals surface area contributed by atoms with Crippen LogP contribution in [0.25, 0.3) is 0 Å². The van der Waals surface area contributed by atoms with Crippen LogP contribution in [0.3, 0.4) is 0 Å². The van der Waals surface area contributed by atoms with Crippen LogP contribution in [0.2, 0.25) is 0 Å². The van der Waals surface area contributed by atoms with Crippen molar-refractivity contribution in [3.8, 4) is 17.4 Å². The number of nitrogens with one attached hydrogen (secondary N) is 1. The quantitative estimate of drug-likeness (QED) is 0.419. The van der Waals surface area contributed by atoms with Gasteiger partial charge in [0.25, 0.3) is 5.91 Å². The molecule has 0 bridgehead atoms. The number of nitrogens with two attached hydrogens (primary N) is 2. The van der Waals surface area contributed by atoms with Gasteiger partial charge in [-0.05, 0) is 49.9 Å². The molecule has 2 heterocycles. The fraction of sp³-hybridized carbons (Fsp3) is 0.320. The van der Waals surface area contributed by atoms with E-state index in [0.29, 0.717) is 29.3 Å². The number of hydrogen-bond donors (Lipinski definition) is 3. The molecule has 1 amide bonds. The molecule has 0 atom stereocenters. The Morgan fingerprint density at radius 1 is 1.06 bits per heavy atom. The molecule has 0 radical (unpaired) electrons. The van der Waals surface area contributed by atoms with Crippen molar-refractivity contribution in [1.29, 1.82) is 0 Å². The van der Waals surface area contributed by atoms with E-state index in [1.807, 2.05) is 31.2 Å². The van der Waals surface area contributed by atoms with Crippen LogP contribution in [-0.2, 0) is 6.42 Å². The second-order valence-electron chi connectivity index (χ2n) is 8.37. The normalized spacial score (nSPS) is 14.0. The average molecular weight is 478 g/mol. The van der Waals surface area contributed by atoms with Crippen molar-refractivity contribution in [1.82, 2.24) is 14.9 Å². The second kappa shape index (κ2) is 10.5. The van der Waals surface area contributed by atoms with Gasteiger partial charge >= 0.3 is 0 Å². The zero-order valence-corrected chi connectivity index (χ0v) is 20.2. The van der Waals surface area contributed by atoms with E-state index >= 15 is 0 Å². The Balaban J connectivity index is 1.63. The van der Waals surface area contributed by atoms with Gasteiger partial charge in [0, 0.05) is 49.3 Å². The molecule has 1 fully saturated rings. The van der Waals surface area contributed by atoms with Crippen LogP contribution in [0.15, 0.2) is 42.5 Å². The van der Waals surface area contributed by atoms with Gasteiger partial charge in [0.1, 0.15) is 5.69 Å². The topological polar surface area (TPSA) is 132 Å². The number of aryl methyl sites for hydroxylation is 1. The molecule has 1 aromatic heterocycles. The average Bonchev–Trinajstić information content (AvgIpc) is 2.85. The lowest BCUT2D eigenvalue weighted by molar-refractivity contribution is 0.0996. The standard InChI is InChI=1S/C25H31N7O3/c1-4-19-25(35-21-15-16(26)5-10-20(21)34-3)30-24(22(29-19)23(27)33)28-17-6-8-18(9-7-17)32-13-11-31(2)12-14-32/h5-10,15H,4,11-14,26H2,1-3H3,(H2,27,33)(H,28,30). The molecule has 0 spiro atoms. The van der Waals surface area contributed by atoms with Crippen LogP contribution in [0, 0.1) is 0 Å². The van der Waals surface area contributed by atoms with Gasteiger partial charge < -0.3 is 36.1 Å². The fourth-order valence-electron chi connectivity index (χ4n) is 3.86. The molecule has 3 aromatic rings. The van der Waals surface area contributed by atoms with Crippen LogP contribution >= 0.6 is 0 Å². The molecular weight excluding hydrogens is 446 g/mol. The zero-order valence-electron chi connectivity index (χ0n) is 20.2. The first kappa shape index (κ1) is 24.1. The van der Waals surface area contributed by atoms with Crippen LogP contribution in [0.5, 0.6) is 17.4 Å². The van der Waals surface area contributed by atoms with Crippen LogP contribution in [-0.4, -0.2) is 61.1 Å². The summed E-state index contributed by atoms with van der Waals surface area (Å²) in [5.74, 6) is 0.650. The van der Waals surface area contributed by atoms with E-state index in [1.54, 1.807) is 25.3 Å². The molecule has 5 N–H and O–H groups in total. The second-order valence-corrected chi connectivity index (χ2v) is 8.37. The Morgan fingerprint density at radius 2 is 1.77 bits per heavy atom. The summed E-state index contributed by atoms with van der Waals surface area (Å²) in [5, 5.41) is 3.17. The number of ether oxygens (including phenoxy) is 2. The molecule has 1 aliphatic rings. The number of anilines is 4. The summed E-state index contributed by atoms with van der Waals surface area (Å²) in [6.45, 7) is 5.91. The van der Waals surface area contributed by atoms with E-state index in [-0.39, 0.29) is 17.4 Å².